The highest BCUT2D eigenvalue weighted by Gasteiger charge is 2.12. The fourth-order valence-electron chi connectivity index (χ4n) is 1.74. The highest BCUT2D eigenvalue weighted by molar-refractivity contribution is 5.38. The van der Waals surface area contributed by atoms with E-state index >= 15 is 0 Å². The maximum absolute atomic E-state index is 13.2. The SMILES string of the molecule is CCN(CC)c1nc(NN)nc(Oc2cccc(F)c2)n1. The topological polar surface area (TPSA) is 89.2 Å². The second-order valence-electron chi connectivity index (χ2n) is 4.12. The van der Waals surface area contributed by atoms with Gasteiger partial charge in [-0.25, -0.2) is 10.2 Å². The molecule has 2 aromatic rings. The van der Waals surface area contributed by atoms with Crippen LogP contribution in [0.25, 0.3) is 0 Å². The molecule has 0 saturated carbocycles. The van der Waals surface area contributed by atoms with Crippen molar-refractivity contribution >= 4 is 11.9 Å². The van der Waals surface area contributed by atoms with Gasteiger partial charge in [-0.2, -0.15) is 15.0 Å². The first-order valence-electron chi connectivity index (χ1n) is 6.57. The molecule has 0 fully saturated rings. The van der Waals surface area contributed by atoms with Crippen molar-refractivity contribution in [1.29, 1.82) is 0 Å². The van der Waals surface area contributed by atoms with E-state index in [2.05, 4.69) is 20.4 Å². The van der Waals surface area contributed by atoms with Gasteiger partial charge in [-0.3, -0.25) is 5.43 Å². The number of hydrogen-bond donors (Lipinski definition) is 2. The summed E-state index contributed by atoms with van der Waals surface area (Å²) in [4.78, 5) is 14.3. The van der Waals surface area contributed by atoms with E-state index in [1.807, 2.05) is 18.7 Å². The molecule has 0 amide bonds. The highest BCUT2D eigenvalue weighted by atomic mass is 19.1. The minimum atomic E-state index is -0.400. The Morgan fingerprint density at radius 2 is 2.00 bits per heavy atom. The Bertz CT molecular complexity index is 605. The Labute approximate surface area is 122 Å². The minimum Gasteiger partial charge on any atom is -0.424 e. The molecule has 7 nitrogen and oxygen atoms in total. The molecular weight excluding hydrogens is 275 g/mol. The van der Waals surface area contributed by atoms with E-state index in [-0.39, 0.29) is 12.0 Å². The maximum Gasteiger partial charge on any atom is 0.328 e. The average Bonchev–Trinajstić information content (AvgIpc) is 2.48. The third kappa shape index (κ3) is 3.76. The Morgan fingerprint density at radius 1 is 1.24 bits per heavy atom. The molecule has 21 heavy (non-hydrogen) atoms. The van der Waals surface area contributed by atoms with Gasteiger partial charge >= 0.3 is 6.01 Å². The molecule has 2 rings (SSSR count). The zero-order valence-electron chi connectivity index (χ0n) is 11.9. The quantitative estimate of drug-likeness (QED) is 0.621. The number of aromatic nitrogens is 3. The number of nitrogens with one attached hydrogen (secondary N) is 1. The first-order valence-corrected chi connectivity index (χ1v) is 6.57. The third-order valence-corrected chi connectivity index (χ3v) is 2.78. The predicted molar refractivity (Wildman–Crippen MR) is 77.7 cm³/mol. The number of ether oxygens (including phenoxy) is 1. The lowest BCUT2D eigenvalue weighted by molar-refractivity contribution is 0.436. The summed E-state index contributed by atoms with van der Waals surface area (Å²) in [5.74, 6) is 5.87. The number of benzene rings is 1. The van der Waals surface area contributed by atoms with Crippen LogP contribution in [0.5, 0.6) is 11.8 Å². The monoisotopic (exact) mass is 292 g/mol. The smallest absolute Gasteiger partial charge is 0.328 e. The largest absolute Gasteiger partial charge is 0.424 e. The van der Waals surface area contributed by atoms with Crippen LogP contribution in [-0.2, 0) is 0 Å². The summed E-state index contributed by atoms with van der Waals surface area (Å²) in [6.45, 7) is 5.42. The number of nitrogen functional groups attached to an aromatic ring is 1. The van der Waals surface area contributed by atoms with Gasteiger partial charge in [0.1, 0.15) is 11.6 Å². The number of rotatable bonds is 6. The number of hydrogen-bond acceptors (Lipinski definition) is 7. The summed E-state index contributed by atoms with van der Waals surface area (Å²) in [5.41, 5.74) is 2.37. The summed E-state index contributed by atoms with van der Waals surface area (Å²) >= 11 is 0. The molecule has 3 N–H and O–H groups in total. The van der Waals surface area contributed by atoms with Gasteiger partial charge in [0.15, 0.2) is 0 Å². The van der Waals surface area contributed by atoms with E-state index in [0.717, 1.165) is 13.1 Å². The molecule has 8 heteroatoms. The molecule has 1 aromatic carbocycles. The molecule has 0 radical (unpaired) electrons. The fraction of sp³-hybridized carbons (Fsp3) is 0.308. The van der Waals surface area contributed by atoms with Crippen molar-refractivity contribution in [3.05, 3.63) is 30.1 Å². The fourth-order valence-corrected chi connectivity index (χ4v) is 1.74. The Hall–Kier alpha value is -2.48. The van der Waals surface area contributed by atoms with Crippen LogP contribution in [0.4, 0.5) is 16.3 Å². The minimum absolute atomic E-state index is 0.0467. The molecule has 1 heterocycles. The van der Waals surface area contributed by atoms with Gasteiger partial charge in [0.25, 0.3) is 0 Å². The number of hydrazine groups is 1. The van der Waals surface area contributed by atoms with Crippen LogP contribution in [-0.4, -0.2) is 28.0 Å². The number of nitrogens with zero attached hydrogens (tertiary/aromatic N) is 4. The lowest BCUT2D eigenvalue weighted by Crippen LogP contribution is -2.25. The Balaban J connectivity index is 2.32. The summed E-state index contributed by atoms with van der Waals surface area (Å²) in [7, 11) is 0. The van der Waals surface area contributed by atoms with E-state index < -0.39 is 5.82 Å². The molecule has 0 aliphatic rings. The first-order chi connectivity index (χ1) is 10.2. The van der Waals surface area contributed by atoms with Crippen molar-refractivity contribution in [2.45, 2.75) is 13.8 Å². The van der Waals surface area contributed by atoms with Crippen molar-refractivity contribution in [2.24, 2.45) is 5.84 Å². The average molecular weight is 292 g/mol. The summed E-state index contributed by atoms with van der Waals surface area (Å²) < 4.78 is 18.6. The van der Waals surface area contributed by atoms with E-state index in [1.165, 1.54) is 12.1 Å². The molecule has 0 aliphatic heterocycles. The molecule has 0 spiro atoms. The van der Waals surface area contributed by atoms with Gasteiger partial charge < -0.3 is 9.64 Å². The zero-order valence-corrected chi connectivity index (χ0v) is 11.9. The van der Waals surface area contributed by atoms with Crippen molar-refractivity contribution in [3.63, 3.8) is 0 Å². The molecule has 0 bridgehead atoms. The van der Waals surface area contributed by atoms with Crippen molar-refractivity contribution in [2.75, 3.05) is 23.4 Å². The molecular formula is C13H17FN6O. The molecule has 0 atom stereocenters. The van der Waals surface area contributed by atoms with Gasteiger partial charge in [0.2, 0.25) is 11.9 Å². The summed E-state index contributed by atoms with van der Waals surface area (Å²) in [6, 6.07) is 5.77. The Kier molecular flexibility index (Phi) is 4.83. The van der Waals surface area contributed by atoms with Crippen LogP contribution in [0.1, 0.15) is 13.8 Å². The lowest BCUT2D eigenvalue weighted by atomic mass is 10.3. The Morgan fingerprint density at radius 3 is 2.62 bits per heavy atom. The van der Waals surface area contributed by atoms with E-state index in [1.54, 1.807) is 12.1 Å². The van der Waals surface area contributed by atoms with Crippen molar-refractivity contribution < 1.29 is 9.13 Å². The van der Waals surface area contributed by atoms with E-state index in [9.17, 15) is 4.39 Å². The van der Waals surface area contributed by atoms with Crippen molar-refractivity contribution in [1.82, 2.24) is 15.0 Å². The molecule has 112 valence electrons. The second kappa shape index (κ2) is 6.80. The van der Waals surface area contributed by atoms with Crippen molar-refractivity contribution in [3.8, 4) is 11.8 Å². The molecule has 0 aliphatic carbocycles. The molecule has 1 aromatic heterocycles. The van der Waals surface area contributed by atoms with E-state index in [0.29, 0.717) is 11.7 Å². The van der Waals surface area contributed by atoms with Gasteiger partial charge in [0.05, 0.1) is 0 Å². The molecule has 0 saturated heterocycles. The predicted octanol–water partition coefficient (Wildman–Crippen LogP) is 1.93. The van der Waals surface area contributed by atoms with Crippen LogP contribution in [0.15, 0.2) is 24.3 Å². The number of anilines is 2. The zero-order chi connectivity index (χ0) is 15.2. The van der Waals surface area contributed by atoms with Gasteiger partial charge in [0, 0.05) is 19.2 Å². The highest BCUT2D eigenvalue weighted by Crippen LogP contribution is 2.21. The summed E-state index contributed by atoms with van der Waals surface area (Å²) in [5, 5.41) is 0. The van der Waals surface area contributed by atoms with Crippen LogP contribution < -0.4 is 20.9 Å². The van der Waals surface area contributed by atoms with Crippen LogP contribution in [0, 0.1) is 5.82 Å². The normalized spacial score (nSPS) is 10.3. The first kappa shape index (κ1) is 14.9. The van der Waals surface area contributed by atoms with E-state index in [4.69, 9.17) is 10.6 Å². The molecule has 0 unspecified atom stereocenters. The number of nitrogens with two attached hydrogens (primary N) is 1. The lowest BCUT2D eigenvalue weighted by Gasteiger charge is -2.19. The van der Waals surface area contributed by atoms with Gasteiger partial charge in [-0.05, 0) is 26.0 Å². The maximum atomic E-state index is 13.2. The summed E-state index contributed by atoms with van der Waals surface area (Å²) in [6.07, 6.45) is 0. The third-order valence-electron chi connectivity index (χ3n) is 2.78. The van der Waals surface area contributed by atoms with Crippen LogP contribution in [0.2, 0.25) is 0 Å². The van der Waals surface area contributed by atoms with Crippen LogP contribution in [0.3, 0.4) is 0 Å². The van der Waals surface area contributed by atoms with Crippen LogP contribution >= 0.6 is 0 Å². The van der Waals surface area contributed by atoms with Gasteiger partial charge in [-0.1, -0.05) is 6.07 Å². The standard InChI is InChI=1S/C13H17FN6O/c1-3-20(4-2)12-16-11(19-15)17-13(18-12)21-10-7-5-6-9(14)8-10/h5-8H,3-4,15H2,1-2H3,(H,16,17,18,19). The van der Waals surface area contributed by atoms with Gasteiger partial charge in [-0.15, -0.1) is 0 Å². The second-order valence-corrected chi connectivity index (χ2v) is 4.12. The number of halogens is 1.